The molecule has 0 aliphatic rings. The normalized spacial score (nSPS) is 12.5. The Morgan fingerprint density at radius 1 is 0.422 bits per heavy atom. The minimum atomic E-state index is -0.0158. The number of hydrogen-bond acceptors (Lipinski definition) is 3. The van der Waals surface area contributed by atoms with Gasteiger partial charge < -0.3 is 19.1 Å². The third-order valence-corrected chi connectivity index (χ3v) is 13.0. The van der Waals surface area contributed by atoms with E-state index in [1.54, 1.807) is 0 Å². The maximum Gasteiger partial charge on any atom is 0.148 e. The molecule has 5 heteroatoms. The van der Waals surface area contributed by atoms with E-state index < -0.39 is 0 Å². The van der Waals surface area contributed by atoms with Crippen LogP contribution in [-0.4, -0.2) is 4.57 Å². The average Bonchev–Trinajstić information content (AvgIpc) is 3.53. The van der Waals surface area contributed by atoms with Crippen molar-refractivity contribution in [1.29, 1.82) is 0 Å². The van der Waals surface area contributed by atoms with Crippen molar-refractivity contribution in [2.45, 2.75) is 105 Å². The van der Waals surface area contributed by atoms with Gasteiger partial charge in [0.25, 0.3) is 0 Å². The van der Waals surface area contributed by atoms with Gasteiger partial charge in [0.15, 0.2) is 0 Å². The van der Waals surface area contributed by atoms with Gasteiger partial charge in [0.05, 0.1) is 22.6 Å². The molecule has 1 aromatic heterocycles. The zero-order valence-electron chi connectivity index (χ0n) is 40.1. The molecular formula is C59H64ClN3O. The van der Waals surface area contributed by atoms with Crippen molar-refractivity contribution in [2.24, 2.45) is 7.05 Å². The Hall–Kier alpha value is -5.97. The van der Waals surface area contributed by atoms with Gasteiger partial charge in [0.1, 0.15) is 16.5 Å². The fraction of sp³-hybridized carbons (Fsp3) is 0.288. The monoisotopic (exact) mass is 865 g/mol. The molecule has 0 aliphatic heterocycles. The van der Waals surface area contributed by atoms with Gasteiger partial charge in [0, 0.05) is 40.4 Å². The van der Waals surface area contributed by atoms with E-state index in [4.69, 9.17) is 16.3 Å². The Bertz CT molecular complexity index is 2870. The minimum absolute atomic E-state index is 0.0109. The van der Waals surface area contributed by atoms with Crippen molar-refractivity contribution in [2.75, 3.05) is 9.80 Å². The molecule has 0 amide bonds. The molecule has 4 nitrogen and oxygen atoms in total. The van der Waals surface area contributed by atoms with E-state index in [0.717, 1.165) is 50.9 Å². The van der Waals surface area contributed by atoms with Crippen molar-refractivity contribution in [1.82, 2.24) is 4.57 Å². The van der Waals surface area contributed by atoms with E-state index in [1.807, 2.05) is 24.3 Å². The van der Waals surface area contributed by atoms with Crippen LogP contribution in [0.4, 0.5) is 34.1 Å². The predicted molar refractivity (Wildman–Crippen MR) is 276 cm³/mol. The molecule has 0 bridgehead atoms. The smallest absolute Gasteiger partial charge is 0.148 e. The zero-order chi connectivity index (χ0) is 45.9. The van der Waals surface area contributed by atoms with E-state index in [9.17, 15) is 0 Å². The van der Waals surface area contributed by atoms with E-state index in [-0.39, 0.29) is 21.7 Å². The van der Waals surface area contributed by atoms with E-state index >= 15 is 0 Å². The quantitative estimate of drug-likeness (QED) is 0.152. The number of halogens is 1. The summed E-state index contributed by atoms with van der Waals surface area (Å²) in [7, 11) is 2.17. The van der Waals surface area contributed by atoms with Crippen LogP contribution in [0.1, 0.15) is 105 Å². The number of nitrogens with zero attached hydrogens (tertiary/aromatic N) is 3. The molecule has 0 unspecified atom stereocenters. The van der Waals surface area contributed by atoms with Crippen molar-refractivity contribution in [3.8, 4) is 11.5 Å². The molecule has 328 valence electrons. The first-order valence-electron chi connectivity index (χ1n) is 22.6. The van der Waals surface area contributed by atoms with Crippen LogP contribution < -0.4 is 14.5 Å². The summed E-state index contributed by atoms with van der Waals surface area (Å²) in [5.41, 5.74) is 13.4. The fourth-order valence-corrected chi connectivity index (χ4v) is 8.89. The van der Waals surface area contributed by atoms with Crippen LogP contribution in [-0.2, 0) is 28.7 Å². The summed E-state index contributed by atoms with van der Waals surface area (Å²) in [4.78, 5) is 4.72. The molecule has 0 fully saturated rings. The molecule has 1 heterocycles. The summed E-state index contributed by atoms with van der Waals surface area (Å²) >= 11 is 7.59. The highest BCUT2D eigenvalue weighted by molar-refractivity contribution is 6.35. The number of fused-ring (bicyclic) bond motifs is 3. The first-order chi connectivity index (χ1) is 30.1. The molecule has 7 aromatic carbocycles. The fourth-order valence-electron chi connectivity index (χ4n) is 8.64. The lowest BCUT2D eigenvalue weighted by Gasteiger charge is -2.32. The molecule has 64 heavy (non-hydrogen) atoms. The van der Waals surface area contributed by atoms with Gasteiger partial charge in [-0.2, -0.15) is 0 Å². The number of rotatable bonds is 8. The lowest BCUT2D eigenvalue weighted by Crippen LogP contribution is -2.16. The topological polar surface area (TPSA) is 20.6 Å². The SMILES string of the molecule is Cn1c2ccccc2c2c(N(c3ccc(C(C)(C)C)cc3)c3ccc(C(C)(C)C)cc3)cc(N(c3ccc(C(C)(C)C)cc3)c3cccc(Oc4ccc(C(C)(C)C)cc4)c3Cl)cc21. The maximum absolute atomic E-state index is 7.59. The molecule has 8 rings (SSSR count). The van der Waals surface area contributed by atoms with Crippen LogP contribution in [0.15, 0.2) is 152 Å². The summed E-state index contributed by atoms with van der Waals surface area (Å²) in [6.45, 7) is 27.0. The second kappa shape index (κ2) is 16.5. The van der Waals surface area contributed by atoms with Crippen LogP contribution in [0.5, 0.6) is 11.5 Å². The second-order valence-electron chi connectivity index (χ2n) is 21.5. The van der Waals surface area contributed by atoms with Crippen molar-refractivity contribution < 1.29 is 4.74 Å². The van der Waals surface area contributed by atoms with Crippen LogP contribution in [0.25, 0.3) is 21.8 Å². The van der Waals surface area contributed by atoms with Crippen LogP contribution in [0.3, 0.4) is 0 Å². The second-order valence-corrected chi connectivity index (χ2v) is 21.8. The summed E-state index contributed by atoms with van der Waals surface area (Å²) in [6, 6.07) is 54.9. The summed E-state index contributed by atoms with van der Waals surface area (Å²) in [5.74, 6) is 1.32. The molecule has 0 atom stereocenters. The highest BCUT2D eigenvalue weighted by Gasteiger charge is 2.27. The Labute approximate surface area is 387 Å². The lowest BCUT2D eigenvalue weighted by atomic mass is 9.86. The molecule has 0 spiro atoms. The number of para-hydroxylation sites is 1. The third-order valence-electron chi connectivity index (χ3n) is 12.6. The first kappa shape index (κ1) is 44.6. The van der Waals surface area contributed by atoms with Crippen LogP contribution >= 0.6 is 11.6 Å². The third kappa shape index (κ3) is 8.78. The molecule has 0 saturated carbocycles. The molecule has 8 aromatic rings. The van der Waals surface area contributed by atoms with E-state index in [0.29, 0.717) is 10.8 Å². The Morgan fingerprint density at radius 3 is 1.30 bits per heavy atom. The van der Waals surface area contributed by atoms with E-state index in [2.05, 4.69) is 232 Å². The molecule has 0 saturated heterocycles. The van der Waals surface area contributed by atoms with Gasteiger partial charge in [-0.3, -0.25) is 0 Å². The highest BCUT2D eigenvalue weighted by atomic mass is 35.5. The Kier molecular flexibility index (Phi) is 11.5. The standard InChI is InChI=1S/C59H64ClN3O/c1-56(2,3)39-21-29-43(30-22-39)62(44-31-23-40(24-32-44)57(4,5)6)52-38-46(37-51-54(52)48-17-14-15-18-49(48)61(51)13)63(45-33-25-41(26-34-45)58(7,8)9)50-19-16-20-53(55(50)60)64-47-35-27-42(28-36-47)59(10,11)12/h14-38H,1-13H3. The average molecular weight is 867 g/mol. The largest absolute Gasteiger partial charge is 0.456 e. The number of ether oxygens (including phenoxy) is 1. The zero-order valence-corrected chi connectivity index (χ0v) is 40.8. The number of aryl methyl sites for hydroxylation is 1. The van der Waals surface area contributed by atoms with Gasteiger partial charge >= 0.3 is 0 Å². The van der Waals surface area contributed by atoms with Gasteiger partial charge in [-0.1, -0.05) is 167 Å². The minimum Gasteiger partial charge on any atom is -0.456 e. The van der Waals surface area contributed by atoms with Crippen LogP contribution in [0, 0.1) is 0 Å². The molecule has 0 radical (unpaired) electrons. The highest BCUT2D eigenvalue weighted by Crippen LogP contribution is 2.50. The maximum atomic E-state index is 7.59. The van der Waals surface area contributed by atoms with Gasteiger partial charge in [-0.15, -0.1) is 0 Å². The van der Waals surface area contributed by atoms with Crippen molar-refractivity contribution in [3.05, 3.63) is 179 Å². The number of aromatic nitrogens is 1. The van der Waals surface area contributed by atoms with Crippen LogP contribution in [0.2, 0.25) is 5.02 Å². The molecule has 0 N–H and O–H groups in total. The van der Waals surface area contributed by atoms with Crippen molar-refractivity contribution >= 4 is 67.5 Å². The summed E-state index contributed by atoms with van der Waals surface area (Å²) in [6.07, 6.45) is 0. The van der Waals surface area contributed by atoms with Gasteiger partial charge in [-0.25, -0.2) is 0 Å². The van der Waals surface area contributed by atoms with E-state index in [1.165, 1.54) is 33.0 Å². The van der Waals surface area contributed by atoms with Crippen molar-refractivity contribution in [3.63, 3.8) is 0 Å². The van der Waals surface area contributed by atoms with Gasteiger partial charge in [0.2, 0.25) is 0 Å². The summed E-state index contributed by atoms with van der Waals surface area (Å²) < 4.78 is 8.93. The first-order valence-corrected chi connectivity index (χ1v) is 23.0. The molecular weight excluding hydrogens is 802 g/mol. The van der Waals surface area contributed by atoms with Gasteiger partial charge in [-0.05, 0) is 123 Å². The number of hydrogen-bond donors (Lipinski definition) is 0. The number of benzene rings is 7. The summed E-state index contributed by atoms with van der Waals surface area (Å²) in [5, 5.41) is 2.89. The Balaban J connectivity index is 1.40. The lowest BCUT2D eigenvalue weighted by molar-refractivity contribution is 0.482. The predicted octanol–water partition coefficient (Wildman–Crippen LogP) is 17.9. The molecule has 0 aliphatic carbocycles. The number of anilines is 6. The Morgan fingerprint density at radius 2 is 0.844 bits per heavy atom.